The molecule has 0 aromatic heterocycles. The second kappa shape index (κ2) is 9.21. The van der Waals surface area contributed by atoms with Crippen LogP contribution in [0.3, 0.4) is 0 Å². The van der Waals surface area contributed by atoms with E-state index in [1.807, 2.05) is 0 Å². The van der Waals surface area contributed by atoms with Gasteiger partial charge in [-0.3, -0.25) is 4.79 Å². The van der Waals surface area contributed by atoms with Gasteiger partial charge >= 0.3 is 0 Å². The van der Waals surface area contributed by atoms with Gasteiger partial charge in [-0.05, 0) is 62.0 Å². The molecule has 2 rings (SSSR count). The number of benzene rings is 2. The van der Waals surface area contributed by atoms with E-state index in [1.54, 1.807) is 43.5 Å². The molecule has 0 atom stereocenters. The Kier molecular flexibility index (Phi) is 6.99. The van der Waals surface area contributed by atoms with Gasteiger partial charge in [0.25, 0.3) is 0 Å². The molecule has 1 amide bonds. The van der Waals surface area contributed by atoms with Crippen LogP contribution >= 0.6 is 0 Å². The topological polar surface area (TPSA) is 93.7 Å². The summed E-state index contributed by atoms with van der Waals surface area (Å²) in [7, 11) is -0.534. The molecule has 0 spiro atoms. The Bertz CT molecular complexity index is 818. The quantitative estimate of drug-likeness (QED) is 0.654. The maximum atomic E-state index is 11.9. The highest BCUT2D eigenvalue weighted by atomic mass is 32.2. The summed E-state index contributed by atoms with van der Waals surface area (Å²) in [5.74, 6) is 1.31. The van der Waals surface area contributed by atoms with Crippen LogP contribution in [0.15, 0.2) is 53.4 Å². The van der Waals surface area contributed by atoms with Gasteiger partial charge in [0.2, 0.25) is 15.9 Å². The minimum absolute atomic E-state index is 0.144. The fourth-order valence-corrected chi connectivity index (χ4v) is 2.88. The molecule has 0 heterocycles. The third kappa shape index (κ3) is 5.75. The highest BCUT2D eigenvalue weighted by Crippen LogP contribution is 2.17. The van der Waals surface area contributed by atoms with Crippen molar-refractivity contribution in [3.05, 3.63) is 48.5 Å². The number of hydrogen-bond donors (Lipinski definition) is 2. The van der Waals surface area contributed by atoms with Crippen molar-refractivity contribution in [2.75, 3.05) is 26.1 Å². The first-order chi connectivity index (χ1) is 12.4. The summed E-state index contributed by atoms with van der Waals surface area (Å²) < 4.78 is 36.2. The summed E-state index contributed by atoms with van der Waals surface area (Å²) >= 11 is 0. The maximum Gasteiger partial charge on any atom is 0.240 e. The number of rotatable bonds is 9. The first-order valence-electron chi connectivity index (χ1n) is 8.05. The average Bonchev–Trinajstić information content (AvgIpc) is 2.66. The molecule has 2 aromatic rings. The molecule has 2 N–H and O–H groups in total. The van der Waals surface area contributed by atoms with Gasteiger partial charge < -0.3 is 14.8 Å². The highest BCUT2D eigenvalue weighted by molar-refractivity contribution is 7.89. The van der Waals surface area contributed by atoms with Gasteiger partial charge in [0.1, 0.15) is 11.5 Å². The number of carbonyl (C=O) groups is 1. The first-order valence-corrected chi connectivity index (χ1v) is 9.53. The van der Waals surface area contributed by atoms with E-state index in [4.69, 9.17) is 9.47 Å². The average molecular weight is 378 g/mol. The predicted octanol–water partition coefficient (Wildman–Crippen LogP) is 2.40. The van der Waals surface area contributed by atoms with Gasteiger partial charge in [0, 0.05) is 12.1 Å². The van der Waals surface area contributed by atoms with Crippen LogP contribution in [0.4, 0.5) is 5.69 Å². The molecule has 7 nitrogen and oxygen atoms in total. The molecule has 140 valence electrons. The molecule has 0 saturated heterocycles. The summed E-state index contributed by atoms with van der Waals surface area (Å²) in [4.78, 5) is 12.1. The molecule has 0 fully saturated rings. The van der Waals surface area contributed by atoms with E-state index in [9.17, 15) is 13.2 Å². The molecule has 0 saturated carbocycles. The number of carbonyl (C=O) groups excluding carboxylic acids is 1. The molecular weight excluding hydrogens is 356 g/mol. The molecular formula is C18H22N2O5S. The van der Waals surface area contributed by atoms with Crippen molar-refractivity contribution >= 4 is 21.6 Å². The molecule has 0 aliphatic rings. The van der Waals surface area contributed by atoms with E-state index in [-0.39, 0.29) is 10.8 Å². The Hall–Kier alpha value is -2.58. The van der Waals surface area contributed by atoms with E-state index in [2.05, 4.69) is 10.0 Å². The van der Waals surface area contributed by atoms with Crippen LogP contribution in [-0.4, -0.2) is 35.1 Å². The Morgan fingerprint density at radius 1 is 1.00 bits per heavy atom. The molecule has 0 radical (unpaired) electrons. The lowest BCUT2D eigenvalue weighted by molar-refractivity contribution is -0.116. The fraction of sp³-hybridized carbons (Fsp3) is 0.278. The van der Waals surface area contributed by atoms with Gasteiger partial charge in [0.05, 0.1) is 18.6 Å². The van der Waals surface area contributed by atoms with Crippen molar-refractivity contribution in [3.63, 3.8) is 0 Å². The van der Waals surface area contributed by atoms with Gasteiger partial charge in [-0.15, -0.1) is 0 Å². The molecule has 0 bridgehead atoms. The molecule has 0 aliphatic heterocycles. The number of ether oxygens (including phenoxy) is 2. The second-order valence-electron chi connectivity index (χ2n) is 5.41. The van der Waals surface area contributed by atoms with Crippen LogP contribution in [0, 0.1) is 0 Å². The lowest BCUT2D eigenvalue weighted by Crippen LogP contribution is -2.18. The third-order valence-corrected chi connectivity index (χ3v) is 5.02. The summed E-state index contributed by atoms with van der Waals surface area (Å²) in [5.41, 5.74) is 0.543. The zero-order valence-corrected chi connectivity index (χ0v) is 15.5. The molecule has 0 aliphatic carbocycles. The van der Waals surface area contributed by atoms with E-state index < -0.39 is 10.0 Å². The van der Waals surface area contributed by atoms with Gasteiger partial charge in [-0.2, -0.15) is 0 Å². The maximum absolute atomic E-state index is 11.9. The number of anilines is 1. The van der Waals surface area contributed by atoms with Crippen LogP contribution in [0.5, 0.6) is 11.5 Å². The highest BCUT2D eigenvalue weighted by Gasteiger charge is 2.11. The Labute approximate surface area is 153 Å². The summed E-state index contributed by atoms with van der Waals surface area (Å²) in [6, 6.07) is 13.2. The Balaban J connectivity index is 1.74. The van der Waals surface area contributed by atoms with E-state index in [0.29, 0.717) is 30.9 Å². The second-order valence-corrected chi connectivity index (χ2v) is 7.29. The standard InChI is InChI=1S/C18H22N2O5S/c1-19-26(22,23)17-11-5-14(6-12-17)20-18(21)4-3-13-25-16-9-7-15(24-2)8-10-16/h5-12,19H,3-4,13H2,1-2H3,(H,20,21). The molecule has 0 unspecified atom stereocenters. The number of hydrogen-bond acceptors (Lipinski definition) is 5. The lowest BCUT2D eigenvalue weighted by atomic mass is 10.2. The predicted molar refractivity (Wildman–Crippen MR) is 99.0 cm³/mol. The van der Waals surface area contributed by atoms with Gasteiger partial charge in [-0.1, -0.05) is 0 Å². The molecule has 26 heavy (non-hydrogen) atoms. The van der Waals surface area contributed by atoms with Crippen LogP contribution in [0.25, 0.3) is 0 Å². The van der Waals surface area contributed by atoms with Crippen LogP contribution in [0.2, 0.25) is 0 Å². The number of nitrogens with one attached hydrogen (secondary N) is 2. The van der Waals surface area contributed by atoms with Crippen LogP contribution in [0.1, 0.15) is 12.8 Å². The van der Waals surface area contributed by atoms with E-state index in [1.165, 1.54) is 19.2 Å². The number of methoxy groups -OCH3 is 1. The minimum Gasteiger partial charge on any atom is -0.497 e. The Morgan fingerprint density at radius 2 is 1.62 bits per heavy atom. The summed E-state index contributed by atoms with van der Waals surface area (Å²) in [6.07, 6.45) is 0.858. The Morgan fingerprint density at radius 3 is 2.19 bits per heavy atom. The number of sulfonamides is 1. The van der Waals surface area contributed by atoms with Crippen molar-refractivity contribution in [1.82, 2.24) is 4.72 Å². The lowest BCUT2D eigenvalue weighted by Gasteiger charge is -2.08. The SMILES string of the molecule is CNS(=O)(=O)c1ccc(NC(=O)CCCOc2ccc(OC)cc2)cc1. The molecule has 2 aromatic carbocycles. The molecule has 8 heteroatoms. The third-order valence-electron chi connectivity index (χ3n) is 3.59. The monoisotopic (exact) mass is 378 g/mol. The van der Waals surface area contributed by atoms with E-state index in [0.717, 1.165) is 5.75 Å². The van der Waals surface area contributed by atoms with Crippen molar-refractivity contribution in [2.45, 2.75) is 17.7 Å². The largest absolute Gasteiger partial charge is 0.497 e. The summed E-state index contributed by atoms with van der Waals surface area (Å²) in [5, 5.41) is 2.73. The van der Waals surface area contributed by atoms with Crippen LogP contribution < -0.4 is 19.5 Å². The minimum atomic E-state index is -3.48. The smallest absolute Gasteiger partial charge is 0.240 e. The van der Waals surface area contributed by atoms with Crippen LogP contribution in [-0.2, 0) is 14.8 Å². The van der Waals surface area contributed by atoms with Gasteiger partial charge in [0.15, 0.2) is 0 Å². The van der Waals surface area contributed by atoms with Gasteiger partial charge in [-0.25, -0.2) is 13.1 Å². The normalized spacial score (nSPS) is 11.0. The fourth-order valence-electron chi connectivity index (χ4n) is 2.15. The zero-order chi connectivity index (χ0) is 19.0. The van der Waals surface area contributed by atoms with Crippen molar-refractivity contribution < 1.29 is 22.7 Å². The first kappa shape index (κ1) is 19.7. The van der Waals surface area contributed by atoms with Crippen molar-refractivity contribution in [1.29, 1.82) is 0 Å². The van der Waals surface area contributed by atoms with Crippen molar-refractivity contribution in [3.8, 4) is 11.5 Å². The zero-order valence-electron chi connectivity index (χ0n) is 14.7. The van der Waals surface area contributed by atoms with Crippen molar-refractivity contribution in [2.24, 2.45) is 0 Å². The van der Waals surface area contributed by atoms with E-state index >= 15 is 0 Å². The summed E-state index contributed by atoms with van der Waals surface area (Å²) in [6.45, 7) is 0.416. The number of amides is 1.